The van der Waals surface area contributed by atoms with Gasteiger partial charge in [-0.2, -0.15) is 0 Å². The Labute approximate surface area is 162 Å². The highest BCUT2D eigenvalue weighted by atomic mass is 16.5. The van der Waals surface area contributed by atoms with Gasteiger partial charge in [0, 0.05) is 17.5 Å². The van der Waals surface area contributed by atoms with Crippen LogP contribution in [-0.4, -0.2) is 5.97 Å². The second kappa shape index (κ2) is 7.53. The van der Waals surface area contributed by atoms with E-state index in [0.29, 0.717) is 11.3 Å². The Morgan fingerprint density at radius 1 is 0.893 bits per heavy atom. The minimum absolute atomic E-state index is 0.158. The van der Waals surface area contributed by atoms with Crippen molar-refractivity contribution in [2.75, 3.05) is 0 Å². The molecule has 4 rings (SSSR count). The Kier molecular flexibility index (Phi) is 4.77. The summed E-state index contributed by atoms with van der Waals surface area (Å²) in [5, 5.41) is 0.816. The van der Waals surface area contributed by atoms with Crippen molar-refractivity contribution in [1.82, 2.24) is 0 Å². The summed E-state index contributed by atoms with van der Waals surface area (Å²) in [6, 6.07) is 24.4. The molecule has 0 atom stereocenters. The summed E-state index contributed by atoms with van der Waals surface area (Å²) in [5.74, 6) is -0.0195. The van der Waals surface area contributed by atoms with E-state index in [1.807, 2.05) is 61.5 Å². The van der Waals surface area contributed by atoms with Crippen LogP contribution in [-0.2, 0) is 11.2 Å². The molecule has 3 aromatic carbocycles. The molecular formula is C24H18O4. The highest BCUT2D eigenvalue weighted by Crippen LogP contribution is 2.23. The van der Waals surface area contributed by atoms with Crippen LogP contribution < -0.4 is 10.4 Å². The molecule has 138 valence electrons. The molecule has 1 heterocycles. The van der Waals surface area contributed by atoms with Crippen LogP contribution >= 0.6 is 0 Å². The molecule has 1 aromatic heterocycles. The molecule has 28 heavy (non-hydrogen) atoms. The molecule has 0 amide bonds. The lowest BCUT2D eigenvalue weighted by Gasteiger charge is -2.07. The van der Waals surface area contributed by atoms with E-state index in [-0.39, 0.29) is 12.4 Å². The Bertz CT molecular complexity index is 1190. The Hall–Kier alpha value is -3.66. The summed E-state index contributed by atoms with van der Waals surface area (Å²) in [6.07, 6.45) is 0.158. The minimum atomic E-state index is -0.424. The molecule has 4 aromatic rings. The first kappa shape index (κ1) is 17.7. The first-order chi connectivity index (χ1) is 13.6. The zero-order chi connectivity index (χ0) is 19.5. The molecular weight excluding hydrogens is 352 g/mol. The fourth-order valence-electron chi connectivity index (χ4n) is 3.15. The third-order valence-electron chi connectivity index (χ3n) is 4.56. The second-order valence-electron chi connectivity index (χ2n) is 6.62. The van der Waals surface area contributed by atoms with E-state index in [2.05, 4.69) is 0 Å². The number of ether oxygens (including phenoxy) is 1. The van der Waals surface area contributed by atoms with Crippen molar-refractivity contribution >= 4 is 16.9 Å². The quantitative estimate of drug-likeness (QED) is 0.291. The molecule has 0 spiro atoms. The smallest absolute Gasteiger partial charge is 0.336 e. The zero-order valence-electron chi connectivity index (χ0n) is 15.3. The van der Waals surface area contributed by atoms with Gasteiger partial charge in [-0.25, -0.2) is 4.79 Å². The number of hydrogen-bond acceptors (Lipinski definition) is 4. The molecule has 0 saturated heterocycles. The summed E-state index contributed by atoms with van der Waals surface area (Å²) < 4.78 is 10.6. The molecule has 0 bridgehead atoms. The number of carbonyl (C=O) groups excluding carboxylic acids is 1. The molecule has 0 aliphatic rings. The largest absolute Gasteiger partial charge is 0.426 e. The molecule has 0 N–H and O–H groups in total. The average Bonchev–Trinajstić information content (AvgIpc) is 2.69. The van der Waals surface area contributed by atoms with Gasteiger partial charge in [-0.15, -0.1) is 0 Å². The Balaban J connectivity index is 1.47. The van der Waals surface area contributed by atoms with E-state index < -0.39 is 5.63 Å². The zero-order valence-corrected chi connectivity index (χ0v) is 15.3. The van der Waals surface area contributed by atoms with Gasteiger partial charge in [0.15, 0.2) is 0 Å². The molecule has 0 aliphatic heterocycles. The SMILES string of the molecule is Cc1cc(=O)oc2cc(OC(=O)Cc3ccc(-c4ccccc4)cc3)ccc12. The molecule has 0 saturated carbocycles. The summed E-state index contributed by atoms with van der Waals surface area (Å²) in [4.78, 5) is 23.8. The van der Waals surface area contributed by atoms with Crippen molar-refractivity contribution in [2.24, 2.45) is 0 Å². The fourth-order valence-corrected chi connectivity index (χ4v) is 3.15. The fraction of sp³-hybridized carbons (Fsp3) is 0.0833. The van der Waals surface area contributed by atoms with Crippen LogP contribution in [0.2, 0.25) is 0 Å². The summed E-state index contributed by atoms with van der Waals surface area (Å²) in [6.45, 7) is 1.84. The minimum Gasteiger partial charge on any atom is -0.426 e. The first-order valence-electron chi connectivity index (χ1n) is 8.98. The number of rotatable bonds is 4. The lowest BCUT2D eigenvalue weighted by atomic mass is 10.0. The molecule has 0 unspecified atom stereocenters. The van der Waals surface area contributed by atoms with Crippen LogP contribution in [0, 0.1) is 6.92 Å². The van der Waals surface area contributed by atoms with Gasteiger partial charge in [0.2, 0.25) is 0 Å². The Morgan fingerprint density at radius 3 is 2.36 bits per heavy atom. The maximum atomic E-state index is 12.3. The highest BCUT2D eigenvalue weighted by Gasteiger charge is 2.09. The molecule has 4 heteroatoms. The maximum Gasteiger partial charge on any atom is 0.336 e. The van der Waals surface area contributed by atoms with Gasteiger partial charge in [0.1, 0.15) is 11.3 Å². The number of hydrogen-bond donors (Lipinski definition) is 0. The number of aryl methyl sites for hydroxylation is 1. The molecule has 4 nitrogen and oxygen atoms in total. The van der Waals surface area contributed by atoms with Gasteiger partial charge < -0.3 is 9.15 Å². The van der Waals surface area contributed by atoms with Gasteiger partial charge in [-0.1, -0.05) is 54.6 Å². The highest BCUT2D eigenvalue weighted by molar-refractivity contribution is 5.83. The van der Waals surface area contributed by atoms with Crippen LogP contribution in [0.25, 0.3) is 22.1 Å². The van der Waals surface area contributed by atoms with Crippen molar-refractivity contribution in [3.05, 3.63) is 100 Å². The second-order valence-corrected chi connectivity index (χ2v) is 6.62. The lowest BCUT2D eigenvalue weighted by molar-refractivity contribution is -0.133. The van der Waals surface area contributed by atoms with Gasteiger partial charge in [-0.3, -0.25) is 4.79 Å². The number of esters is 1. The first-order valence-corrected chi connectivity index (χ1v) is 8.98. The van der Waals surface area contributed by atoms with Crippen LogP contribution in [0.5, 0.6) is 5.75 Å². The van der Waals surface area contributed by atoms with E-state index in [1.165, 1.54) is 6.07 Å². The predicted octanol–water partition coefficient (Wildman–Crippen LogP) is 4.92. The van der Waals surface area contributed by atoms with Gasteiger partial charge in [0.05, 0.1) is 6.42 Å². The van der Waals surface area contributed by atoms with E-state index >= 15 is 0 Å². The third kappa shape index (κ3) is 3.86. The summed E-state index contributed by atoms with van der Waals surface area (Å²) in [7, 11) is 0. The third-order valence-corrected chi connectivity index (χ3v) is 4.56. The number of benzene rings is 3. The summed E-state index contributed by atoms with van der Waals surface area (Å²) >= 11 is 0. The van der Waals surface area contributed by atoms with Crippen LogP contribution in [0.15, 0.2) is 88.1 Å². The molecule has 0 aliphatic carbocycles. The monoisotopic (exact) mass is 370 g/mol. The summed E-state index contributed by atoms with van der Waals surface area (Å²) in [5.41, 5.74) is 3.90. The van der Waals surface area contributed by atoms with Crippen molar-refractivity contribution in [2.45, 2.75) is 13.3 Å². The Morgan fingerprint density at radius 2 is 1.61 bits per heavy atom. The normalized spacial score (nSPS) is 10.8. The molecule has 0 radical (unpaired) electrons. The van der Waals surface area contributed by atoms with Crippen molar-refractivity contribution in [3.63, 3.8) is 0 Å². The van der Waals surface area contributed by atoms with Crippen molar-refractivity contribution < 1.29 is 13.9 Å². The van der Waals surface area contributed by atoms with E-state index in [9.17, 15) is 9.59 Å². The maximum absolute atomic E-state index is 12.3. The van der Waals surface area contributed by atoms with E-state index in [1.54, 1.807) is 18.2 Å². The standard InChI is InChI=1S/C24H18O4/c1-16-13-23(25)28-22-15-20(11-12-21(16)22)27-24(26)14-17-7-9-19(10-8-17)18-5-3-2-4-6-18/h2-13,15H,14H2,1H3. The predicted molar refractivity (Wildman–Crippen MR) is 108 cm³/mol. The van der Waals surface area contributed by atoms with E-state index in [0.717, 1.165) is 27.6 Å². The van der Waals surface area contributed by atoms with E-state index in [4.69, 9.17) is 9.15 Å². The topological polar surface area (TPSA) is 56.5 Å². The average molecular weight is 370 g/mol. The number of fused-ring (bicyclic) bond motifs is 1. The van der Waals surface area contributed by atoms with Crippen molar-refractivity contribution in [1.29, 1.82) is 0 Å². The molecule has 0 fully saturated rings. The van der Waals surface area contributed by atoms with Gasteiger partial charge >= 0.3 is 11.6 Å². The van der Waals surface area contributed by atoms with Crippen LogP contribution in [0.4, 0.5) is 0 Å². The van der Waals surface area contributed by atoms with Crippen LogP contribution in [0.1, 0.15) is 11.1 Å². The van der Waals surface area contributed by atoms with Crippen molar-refractivity contribution in [3.8, 4) is 16.9 Å². The lowest BCUT2D eigenvalue weighted by Crippen LogP contribution is -2.11. The van der Waals surface area contributed by atoms with Crippen LogP contribution in [0.3, 0.4) is 0 Å². The van der Waals surface area contributed by atoms with Gasteiger partial charge in [0.25, 0.3) is 0 Å². The number of carbonyl (C=O) groups is 1. The van der Waals surface area contributed by atoms with Gasteiger partial charge in [-0.05, 0) is 41.3 Å².